The van der Waals surface area contributed by atoms with Crippen molar-refractivity contribution in [3.63, 3.8) is 0 Å². The topological polar surface area (TPSA) is 46.5 Å². The summed E-state index contributed by atoms with van der Waals surface area (Å²) < 4.78 is 83.9. The van der Waals surface area contributed by atoms with Crippen molar-refractivity contribution in [2.45, 2.75) is 98.7 Å². The zero-order chi connectivity index (χ0) is 23.6. The van der Waals surface area contributed by atoms with E-state index in [4.69, 9.17) is 4.74 Å². The minimum Gasteiger partial charge on any atom is -0.462 e. The molecule has 0 bridgehead atoms. The zero-order valence-electron chi connectivity index (χ0n) is 18.4. The van der Waals surface area contributed by atoms with Crippen LogP contribution in [-0.4, -0.2) is 35.1 Å². The summed E-state index contributed by atoms with van der Waals surface area (Å²) in [5.41, 5.74) is -6.40. The average molecular weight is 436 g/mol. The van der Waals surface area contributed by atoms with Gasteiger partial charge in [-0.1, -0.05) is 48.5 Å². The van der Waals surface area contributed by atoms with E-state index in [-0.39, 0.29) is 23.7 Å². The van der Waals surface area contributed by atoms with Crippen molar-refractivity contribution in [3.8, 4) is 0 Å². The molecule has 0 aromatic carbocycles. The lowest BCUT2D eigenvalue weighted by Gasteiger charge is -2.39. The third-order valence-electron chi connectivity index (χ3n) is 5.11. The van der Waals surface area contributed by atoms with E-state index >= 15 is 0 Å². The molecule has 0 radical (unpaired) electrons. The Morgan fingerprint density at radius 1 is 0.897 bits per heavy atom. The molecule has 0 aromatic heterocycles. The molecular weight excluding hydrogens is 402 g/mol. The first-order chi connectivity index (χ1) is 12.6. The summed E-state index contributed by atoms with van der Waals surface area (Å²) in [4.78, 5) is 12.9. The summed E-state index contributed by atoms with van der Waals surface area (Å²) in [7, 11) is 0. The Bertz CT molecular complexity index is 532. The summed E-state index contributed by atoms with van der Waals surface area (Å²) in [5, 5.41) is 9.54. The second-order valence-corrected chi connectivity index (χ2v) is 10.0. The SMILES string of the molecule is CC(C)CC(CC(O)(C(F)(F)F)C(F)(F)F)OC(=O)C(C)(CC(C)(C)C)C(C)C. The first kappa shape index (κ1) is 28.0. The van der Waals surface area contributed by atoms with Crippen molar-refractivity contribution >= 4 is 5.97 Å². The fraction of sp³-hybridized carbons (Fsp3) is 0.950. The molecular formula is C20H34F6O3. The van der Waals surface area contributed by atoms with Crippen LogP contribution in [0.4, 0.5) is 26.3 Å². The highest BCUT2D eigenvalue weighted by Crippen LogP contribution is 2.47. The Balaban J connectivity index is 5.94. The molecule has 0 saturated carbocycles. The third kappa shape index (κ3) is 7.33. The summed E-state index contributed by atoms with van der Waals surface area (Å²) >= 11 is 0. The largest absolute Gasteiger partial charge is 0.462 e. The van der Waals surface area contributed by atoms with Gasteiger partial charge < -0.3 is 9.84 Å². The second-order valence-electron chi connectivity index (χ2n) is 10.0. The number of carbonyl (C=O) groups excluding carboxylic acids is 1. The fourth-order valence-corrected chi connectivity index (χ4v) is 3.32. The van der Waals surface area contributed by atoms with Crippen LogP contribution in [0.5, 0.6) is 0 Å². The zero-order valence-corrected chi connectivity index (χ0v) is 18.4. The van der Waals surface area contributed by atoms with Crippen LogP contribution in [0.3, 0.4) is 0 Å². The van der Waals surface area contributed by atoms with Gasteiger partial charge in [-0.15, -0.1) is 0 Å². The van der Waals surface area contributed by atoms with Crippen LogP contribution in [0, 0.1) is 22.7 Å². The van der Waals surface area contributed by atoms with E-state index in [0.29, 0.717) is 6.42 Å². The van der Waals surface area contributed by atoms with E-state index in [0.717, 1.165) is 0 Å². The first-order valence-electron chi connectivity index (χ1n) is 9.63. The van der Waals surface area contributed by atoms with Crippen LogP contribution in [0.2, 0.25) is 0 Å². The van der Waals surface area contributed by atoms with Crippen LogP contribution in [0.1, 0.15) is 74.7 Å². The van der Waals surface area contributed by atoms with Gasteiger partial charge in [-0.05, 0) is 37.0 Å². The average Bonchev–Trinajstić information content (AvgIpc) is 2.41. The Labute approximate surface area is 169 Å². The van der Waals surface area contributed by atoms with Gasteiger partial charge in [0.05, 0.1) is 5.41 Å². The van der Waals surface area contributed by atoms with Crippen molar-refractivity contribution in [1.29, 1.82) is 0 Å². The molecule has 0 aliphatic carbocycles. The van der Waals surface area contributed by atoms with Gasteiger partial charge in [-0.3, -0.25) is 4.79 Å². The van der Waals surface area contributed by atoms with Gasteiger partial charge in [0.2, 0.25) is 0 Å². The number of hydrogen-bond acceptors (Lipinski definition) is 3. The lowest BCUT2D eigenvalue weighted by atomic mass is 9.68. The molecule has 0 aromatic rings. The molecule has 0 rings (SSSR count). The van der Waals surface area contributed by atoms with Gasteiger partial charge in [-0.25, -0.2) is 0 Å². The van der Waals surface area contributed by atoms with Crippen molar-refractivity contribution < 1.29 is 41.0 Å². The molecule has 174 valence electrons. The van der Waals surface area contributed by atoms with Crippen LogP contribution < -0.4 is 0 Å². The maximum atomic E-state index is 13.1. The van der Waals surface area contributed by atoms with Crippen molar-refractivity contribution in [3.05, 3.63) is 0 Å². The highest BCUT2D eigenvalue weighted by molar-refractivity contribution is 5.77. The lowest BCUT2D eigenvalue weighted by molar-refractivity contribution is -0.374. The Hall–Kier alpha value is -0.990. The number of ether oxygens (including phenoxy) is 1. The van der Waals surface area contributed by atoms with E-state index in [1.807, 2.05) is 20.8 Å². The molecule has 0 amide bonds. The van der Waals surface area contributed by atoms with E-state index in [2.05, 4.69) is 0 Å². The maximum Gasteiger partial charge on any atom is 0.426 e. The Morgan fingerprint density at radius 2 is 1.31 bits per heavy atom. The minimum atomic E-state index is -5.96. The lowest BCUT2D eigenvalue weighted by Crippen LogP contribution is -2.59. The van der Waals surface area contributed by atoms with Gasteiger partial charge in [0.15, 0.2) is 0 Å². The Kier molecular flexibility index (Phi) is 8.71. The van der Waals surface area contributed by atoms with Crippen LogP contribution in [0.15, 0.2) is 0 Å². The van der Waals surface area contributed by atoms with Crippen molar-refractivity contribution in [2.24, 2.45) is 22.7 Å². The number of hydrogen-bond donors (Lipinski definition) is 1. The quantitative estimate of drug-likeness (QED) is 0.359. The van der Waals surface area contributed by atoms with E-state index in [9.17, 15) is 36.2 Å². The Morgan fingerprint density at radius 3 is 1.59 bits per heavy atom. The van der Waals surface area contributed by atoms with Crippen molar-refractivity contribution in [1.82, 2.24) is 0 Å². The van der Waals surface area contributed by atoms with E-state index in [1.165, 1.54) is 0 Å². The molecule has 3 nitrogen and oxygen atoms in total. The monoisotopic (exact) mass is 436 g/mol. The summed E-state index contributed by atoms with van der Waals surface area (Å²) in [6.45, 7) is 13.9. The number of carbonyl (C=O) groups is 1. The molecule has 2 unspecified atom stereocenters. The molecule has 1 N–H and O–H groups in total. The first-order valence-corrected chi connectivity index (χ1v) is 9.63. The van der Waals surface area contributed by atoms with Gasteiger partial charge in [0.25, 0.3) is 5.60 Å². The molecule has 0 fully saturated rings. The predicted molar refractivity (Wildman–Crippen MR) is 98.0 cm³/mol. The fourth-order valence-electron chi connectivity index (χ4n) is 3.32. The van der Waals surface area contributed by atoms with Crippen LogP contribution >= 0.6 is 0 Å². The number of aliphatic hydroxyl groups is 1. The van der Waals surface area contributed by atoms with Gasteiger partial charge in [0.1, 0.15) is 6.10 Å². The van der Waals surface area contributed by atoms with Crippen LogP contribution in [0.25, 0.3) is 0 Å². The molecule has 2 atom stereocenters. The molecule has 9 heteroatoms. The standard InChI is InChI=1S/C20H34F6O3/c1-12(2)9-14(10-18(28,19(21,22)23)20(24,25)26)29-15(27)17(8,13(3)4)11-16(5,6)7/h12-14,28H,9-11H2,1-8H3. The van der Waals surface area contributed by atoms with Crippen molar-refractivity contribution in [2.75, 3.05) is 0 Å². The van der Waals surface area contributed by atoms with Gasteiger partial charge in [-0.2, -0.15) is 26.3 Å². The minimum absolute atomic E-state index is 0.246. The molecule has 0 spiro atoms. The molecule has 0 saturated heterocycles. The summed E-state index contributed by atoms with van der Waals surface area (Å²) in [6, 6.07) is 0. The number of halogens is 6. The molecule has 0 aliphatic heterocycles. The summed E-state index contributed by atoms with van der Waals surface area (Å²) in [5.74, 6) is -1.48. The number of alkyl halides is 6. The van der Waals surface area contributed by atoms with E-state index < -0.39 is 41.9 Å². The summed E-state index contributed by atoms with van der Waals surface area (Å²) in [6.07, 6.45) is -15.4. The maximum absolute atomic E-state index is 13.1. The smallest absolute Gasteiger partial charge is 0.426 e. The second kappa shape index (κ2) is 9.02. The van der Waals surface area contributed by atoms with E-state index in [1.54, 1.807) is 34.6 Å². The third-order valence-corrected chi connectivity index (χ3v) is 5.11. The highest BCUT2D eigenvalue weighted by Gasteiger charge is 2.71. The van der Waals surface area contributed by atoms with Gasteiger partial charge >= 0.3 is 18.3 Å². The highest BCUT2D eigenvalue weighted by atomic mass is 19.4. The molecule has 0 aliphatic rings. The van der Waals surface area contributed by atoms with Gasteiger partial charge in [0, 0.05) is 6.42 Å². The number of esters is 1. The normalized spacial score (nSPS) is 17.4. The molecule has 0 heterocycles. The van der Waals surface area contributed by atoms with Crippen LogP contribution in [-0.2, 0) is 9.53 Å². The molecule has 29 heavy (non-hydrogen) atoms. The predicted octanol–water partition coefficient (Wildman–Crippen LogP) is 6.29. The number of rotatable bonds is 8.